The third kappa shape index (κ3) is 5.08. The Morgan fingerprint density at radius 1 is 1.06 bits per heavy atom. The van der Waals surface area contributed by atoms with Crippen LogP contribution in [0.1, 0.15) is 18.4 Å². The van der Waals surface area contributed by atoms with Gasteiger partial charge in [0, 0.05) is 25.1 Å². The summed E-state index contributed by atoms with van der Waals surface area (Å²) in [4.78, 5) is 28.4. The van der Waals surface area contributed by atoms with Crippen molar-refractivity contribution >= 4 is 23.2 Å². The lowest BCUT2D eigenvalue weighted by Gasteiger charge is -2.22. The molecule has 2 amide bonds. The molecule has 1 fully saturated rings. The van der Waals surface area contributed by atoms with Crippen LogP contribution in [0.25, 0.3) is 0 Å². The van der Waals surface area contributed by atoms with E-state index in [-0.39, 0.29) is 18.4 Å². The first-order chi connectivity index (χ1) is 15.0. The summed E-state index contributed by atoms with van der Waals surface area (Å²) in [6, 6.07) is 11.1. The molecule has 0 aliphatic carbocycles. The molecule has 1 heterocycles. The molecule has 1 aliphatic heterocycles. The van der Waals surface area contributed by atoms with Crippen molar-refractivity contribution in [1.82, 2.24) is 4.90 Å². The molecule has 3 rings (SSSR count). The van der Waals surface area contributed by atoms with Crippen LogP contribution in [0.2, 0.25) is 0 Å². The van der Waals surface area contributed by atoms with Crippen molar-refractivity contribution in [2.24, 2.45) is 0 Å². The number of nitrogens with zero attached hydrogens (tertiary/aromatic N) is 2. The Labute approximate surface area is 182 Å². The second-order valence-corrected chi connectivity index (χ2v) is 7.38. The molecular formula is C23H29N3O5. The number of hydrogen-bond donors (Lipinski definition) is 1. The van der Waals surface area contributed by atoms with E-state index < -0.39 is 0 Å². The molecule has 1 N–H and O–H groups in total. The molecule has 166 valence electrons. The second kappa shape index (κ2) is 10.2. The van der Waals surface area contributed by atoms with E-state index in [1.165, 1.54) is 0 Å². The van der Waals surface area contributed by atoms with Gasteiger partial charge in [-0.2, -0.15) is 0 Å². The van der Waals surface area contributed by atoms with E-state index in [0.29, 0.717) is 42.4 Å². The number of likely N-dealkylation sites (N-methyl/N-ethyl adjacent to an activating group) is 1. The Bertz CT molecular complexity index is 947. The molecule has 0 bridgehead atoms. The van der Waals surface area contributed by atoms with E-state index in [1.54, 1.807) is 26.2 Å². The Morgan fingerprint density at radius 2 is 1.81 bits per heavy atom. The number of amides is 2. The van der Waals surface area contributed by atoms with Gasteiger partial charge in [0.1, 0.15) is 0 Å². The first kappa shape index (κ1) is 22.4. The van der Waals surface area contributed by atoms with Gasteiger partial charge in [-0.15, -0.1) is 0 Å². The third-order valence-electron chi connectivity index (χ3n) is 5.18. The number of nitrogens with one attached hydrogen (secondary N) is 1. The number of hydrogen-bond acceptors (Lipinski definition) is 6. The Hall–Kier alpha value is -3.26. The Morgan fingerprint density at radius 3 is 2.45 bits per heavy atom. The molecule has 0 spiro atoms. The zero-order valence-corrected chi connectivity index (χ0v) is 18.4. The van der Waals surface area contributed by atoms with Gasteiger partial charge >= 0.3 is 0 Å². The van der Waals surface area contributed by atoms with Crippen molar-refractivity contribution in [3.63, 3.8) is 0 Å². The fraction of sp³-hybridized carbons (Fsp3) is 0.391. The summed E-state index contributed by atoms with van der Waals surface area (Å²) >= 11 is 0. The Kier molecular flexibility index (Phi) is 7.36. The van der Waals surface area contributed by atoms with Crippen molar-refractivity contribution in [2.75, 3.05) is 51.7 Å². The highest BCUT2D eigenvalue weighted by Crippen LogP contribution is 2.40. The average molecular weight is 428 g/mol. The van der Waals surface area contributed by atoms with Crippen LogP contribution < -0.4 is 24.4 Å². The van der Waals surface area contributed by atoms with Crippen molar-refractivity contribution in [3.05, 3.63) is 42.0 Å². The zero-order valence-electron chi connectivity index (χ0n) is 18.4. The molecule has 0 saturated carbocycles. The van der Waals surface area contributed by atoms with Gasteiger partial charge in [0.25, 0.3) is 0 Å². The fourth-order valence-electron chi connectivity index (χ4n) is 3.79. The largest absolute Gasteiger partial charge is 0.493 e. The number of rotatable bonds is 9. The number of benzene rings is 2. The highest BCUT2D eigenvalue weighted by molar-refractivity contribution is 6.02. The second-order valence-electron chi connectivity index (χ2n) is 7.38. The van der Waals surface area contributed by atoms with Crippen molar-refractivity contribution in [2.45, 2.75) is 19.4 Å². The summed E-state index contributed by atoms with van der Waals surface area (Å²) in [6.07, 6.45) is 1.37. The van der Waals surface area contributed by atoms with Crippen LogP contribution in [0, 0.1) is 0 Å². The minimum atomic E-state index is -0.166. The normalized spacial score (nSPS) is 13.5. The van der Waals surface area contributed by atoms with Crippen LogP contribution in [0.15, 0.2) is 36.4 Å². The van der Waals surface area contributed by atoms with Gasteiger partial charge in [-0.25, -0.2) is 0 Å². The number of para-hydroxylation sites is 2. The first-order valence-corrected chi connectivity index (χ1v) is 10.1. The van der Waals surface area contributed by atoms with Crippen LogP contribution >= 0.6 is 0 Å². The summed E-state index contributed by atoms with van der Waals surface area (Å²) in [6.45, 7) is 1.31. The average Bonchev–Trinajstić information content (AvgIpc) is 3.19. The molecule has 31 heavy (non-hydrogen) atoms. The minimum absolute atomic E-state index is 0.0827. The minimum Gasteiger partial charge on any atom is -0.493 e. The van der Waals surface area contributed by atoms with Gasteiger partial charge in [-0.05, 0) is 31.7 Å². The number of carbonyl (C=O) groups is 2. The topological polar surface area (TPSA) is 80.3 Å². The third-order valence-corrected chi connectivity index (χ3v) is 5.18. The molecule has 2 aromatic carbocycles. The molecule has 0 radical (unpaired) electrons. The maximum atomic E-state index is 12.7. The highest BCUT2D eigenvalue weighted by Gasteiger charge is 2.24. The van der Waals surface area contributed by atoms with Gasteiger partial charge in [-0.3, -0.25) is 14.5 Å². The summed E-state index contributed by atoms with van der Waals surface area (Å²) in [5.74, 6) is 1.59. The van der Waals surface area contributed by atoms with Gasteiger partial charge in [0.05, 0.1) is 39.2 Å². The lowest BCUT2D eigenvalue weighted by molar-refractivity contribution is -0.118. The molecule has 0 aromatic heterocycles. The molecule has 2 aromatic rings. The smallest absolute Gasteiger partial charge is 0.238 e. The van der Waals surface area contributed by atoms with E-state index in [4.69, 9.17) is 14.2 Å². The molecule has 8 heteroatoms. The van der Waals surface area contributed by atoms with E-state index >= 15 is 0 Å². The van der Waals surface area contributed by atoms with Crippen molar-refractivity contribution < 1.29 is 23.8 Å². The van der Waals surface area contributed by atoms with Gasteiger partial charge in [-0.1, -0.05) is 18.2 Å². The maximum absolute atomic E-state index is 12.7. The van der Waals surface area contributed by atoms with Crippen LogP contribution in [0.3, 0.4) is 0 Å². The number of methoxy groups -OCH3 is 3. The summed E-state index contributed by atoms with van der Waals surface area (Å²) in [7, 11) is 6.56. The van der Waals surface area contributed by atoms with E-state index in [1.807, 2.05) is 48.3 Å². The number of anilines is 2. The maximum Gasteiger partial charge on any atom is 0.238 e. The lowest BCUT2D eigenvalue weighted by atomic mass is 10.1. The fourth-order valence-corrected chi connectivity index (χ4v) is 3.79. The SMILES string of the molecule is COc1ccc(CN(C)CC(=O)Nc2ccccc2N2CCCC2=O)c(OC)c1OC. The highest BCUT2D eigenvalue weighted by atomic mass is 16.5. The van der Waals surface area contributed by atoms with E-state index in [2.05, 4.69) is 5.32 Å². The number of carbonyl (C=O) groups excluding carboxylic acids is 2. The van der Waals surface area contributed by atoms with Gasteiger partial charge in [0.15, 0.2) is 11.5 Å². The van der Waals surface area contributed by atoms with Crippen LogP contribution in [0.4, 0.5) is 11.4 Å². The molecule has 1 aliphatic rings. The quantitative estimate of drug-likeness (QED) is 0.663. The van der Waals surface area contributed by atoms with Crippen LogP contribution in [-0.2, 0) is 16.1 Å². The molecule has 8 nitrogen and oxygen atoms in total. The molecule has 1 saturated heterocycles. The van der Waals surface area contributed by atoms with E-state index in [9.17, 15) is 9.59 Å². The van der Waals surface area contributed by atoms with Gasteiger partial charge < -0.3 is 24.4 Å². The summed E-state index contributed by atoms with van der Waals surface area (Å²) in [5, 5.41) is 2.94. The Balaban J connectivity index is 1.68. The lowest BCUT2D eigenvalue weighted by Crippen LogP contribution is -2.31. The molecule has 0 unspecified atom stereocenters. The molecular weight excluding hydrogens is 398 g/mol. The van der Waals surface area contributed by atoms with Gasteiger partial charge in [0.2, 0.25) is 17.6 Å². The predicted octanol–water partition coefficient (Wildman–Crippen LogP) is 2.91. The summed E-state index contributed by atoms with van der Waals surface area (Å²) < 4.78 is 16.3. The first-order valence-electron chi connectivity index (χ1n) is 10.1. The van der Waals surface area contributed by atoms with Crippen molar-refractivity contribution in [3.8, 4) is 17.2 Å². The monoisotopic (exact) mass is 427 g/mol. The molecule has 0 atom stereocenters. The van der Waals surface area contributed by atoms with Crippen LogP contribution in [-0.4, -0.2) is 58.2 Å². The number of ether oxygens (including phenoxy) is 3. The zero-order chi connectivity index (χ0) is 22.4. The van der Waals surface area contributed by atoms with Crippen LogP contribution in [0.5, 0.6) is 17.2 Å². The predicted molar refractivity (Wildman–Crippen MR) is 119 cm³/mol. The summed E-state index contributed by atoms with van der Waals surface area (Å²) in [5.41, 5.74) is 2.25. The standard InChI is InChI=1S/C23H29N3O5/c1-25(14-16-11-12-19(29-2)23(31-4)22(16)30-3)15-20(27)24-17-8-5-6-9-18(17)26-13-7-10-21(26)28/h5-6,8-9,11-12H,7,10,13-15H2,1-4H3,(H,24,27). The van der Waals surface area contributed by atoms with E-state index in [0.717, 1.165) is 17.7 Å². The van der Waals surface area contributed by atoms with Crippen molar-refractivity contribution in [1.29, 1.82) is 0 Å².